The smallest absolute Gasteiger partial charge is 0.308 e. The molecule has 0 aliphatic carbocycles. The molecular weight excluding hydrogens is 504 g/mol. The van der Waals surface area contributed by atoms with E-state index in [-0.39, 0.29) is 17.7 Å². The highest BCUT2D eigenvalue weighted by Crippen LogP contribution is 2.16. The Kier molecular flexibility index (Phi) is 8.05. The van der Waals surface area contributed by atoms with E-state index >= 15 is 0 Å². The third kappa shape index (κ3) is 6.94. The first-order chi connectivity index (χ1) is 16.2. The quantitative estimate of drug-likeness (QED) is 0.289. The number of rotatable bonds is 7. The van der Waals surface area contributed by atoms with Gasteiger partial charge in [0.2, 0.25) is 0 Å². The molecule has 8 nitrogen and oxygen atoms in total. The molecule has 2 amide bonds. The van der Waals surface area contributed by atoms with Crippen LogP contribution in [0.4, 0.5) is 5.69 Å². The van der Waals surface area contributed by atoms with Crippen molar-refractivity contribution in [1.82, 2.24) is 0 Å². The maximum Gasteiger partial charge on any atom is 0.308 e. The Labute approximate surface area is 203 Å². The van der Waals surface area contributed by atoms with Gasteiger partial charge in [-0.15, -0.1) is 0 Å². The van der Waals surface area contributed by atoms with Crippen molar-refractivity contribution in [3.05, 3.63) is 94.0 Å². The Hall–Kier alpha value is -4.11. The molecule has 0 heterocycles. The lowest BCUT2D eigenvalue weighted by molar-refractivity contribution is -0.255. The van der Waals surface area contributed by atoms with E-state index in [0.717, 1.165) is 0 Å². The van der Waals surface area contributed by atoms with Crippen molar-refractivity contribution in [2.45, 2.75) is 13.3 Å². The summed E-state index contributed by atoms with van der Waals surface area (Å²) in [7, 11) is 0. The van der Waals surface area contributed by atoms with E-state index in [4.69, 9.17) is 4.74 Å². The number of hydrogen-bond donors (Lipinski definition) is 1. The minimum Gasteiger partial charge on any atom is -0.545 e. The fraction of sp³-hybridized carbons (Fsp3) is 0.0800. The topological polar surface area (TPSA) is 125 Å². The van der Waals surface area contributed by atoms with Crippen molar-refractivity contribution >= 4 is 51.1 Å². The Morgan fingerprint density at radius 2 is 1.62 bits per heavy atom. The number of nitrogens with zero attached hydrogens (tertiary/aromatic N) is 1. The highest BCUT2D eigenvalue weighted by molar-refractivity contribution is 9.10. The van der Waals surface area contributed by atoms with Crippen LogP contribution in [0.25, 0.3) is 0 Å². The zero-order valence-corrected chi connectivity index (χ0v) is 19.5. The number of carbonyl (C=O) groups excluding carboxylic acids is 4. The van der Waals surface area contributed by atoms with Gasteiger partial charge in [-0.2, -0.15) is 0 Å². The van der Waals surface area contributed by atoms with Crippen LogP contribution < -0.4 is 15.2 Å². The van der Waals surface area contributed by atoms with E-state index in [1.807, 2.05) is 0 Å². The van der Waals surface area contributed by atoms with Crippen molar-refractivity contribution in [3.8, 4) is 5.75 Å². The van der Waals surface area contributed by atoms with Gasteiger partial charge in [-0.1, -0.05) is 46.3 Å². The van der Waals surface area contributed by atoms with Crippen molar-refractivity contribution in [2.75, 3.05) is 5.32 Å². The molecule has 0 fully saturated rings. The highest BCUT2D eigenvalue weighted by atomic mass is 79.9. The summed E-state index contributed by atoms with van der Waals surface area (Å²) in [6, 6.07) is 18.5. The molecule has 1 N–H and O–H groups in total. The van der Waals surface area contributed by atoms with Crippen LogP contribution in [0.3, 0.4) is 0 Å². The van der Waals surface area contributed by atoms with Gasteiger partial charge in [0.05, 0.1) is 5.97 Å². The number of carbonyl (C=O) groups is 4. The zero-order chi connectivity index (χ0) is 24.7. The maximum atomic E-state index is 13.0. The van der Waals surface area contributed by atoms with Crippen LogP contribution in [0.5, 0.6) is 5.75 Å². The second-order valence-electron chi connectivity index (χ2n) is 7.11. The second-order valence-corrected chi connectivity index (χ2v) is 8.02. The van der Waals surface area contributed by atoms with Gasteiger partial charge in [-0.3, -0.25) is 14.4 Å². The zero-order valence-electron chi connectivity index (χ0n) is 17.9. The van der Waals surface area contributed by atoms with Gasteiger partial charge >= 0.3 is 5.97 Å². The minimum atomic E-state index is -1.34. The third-order valence-electron chi connectivity index (χ3n) is 4.51. The summed E-state index contributed by atoms with van der Waals surface area (Å²) < 4.78 is 5.70. The molecule has 0 radical (unpaired) electrons. The molecule has 172 valence electrons. The number of benzene rings is 3. The SMILES string of the molecule is CC(=O)Oc1ccc(CC(=NC(=O)c2cccc(Br)c2)C(=O)Nc2ccc(C(=O)[O-])cc2)cc1. The lowest BCUT2D eigenvalue weighted by Gasteiger charge is -2.10. The molecular formula is C25H18BrN2O6-. The van der Waals surface area contributed by atoms with Crippen LogP contribution in [0.1, 0.15) is 33.2 Å². The van der Waals surface area contributed by atoms with Gasteiger partial charge in [-0.05, 0) is 53.6 Å². The van der Waals surface area contributed by atoms with E-state index in [1.54, 1.807) is 48.5 Å². The first kappa shape index (κ1) is 24.5. The molecule has 0 saturated carbocycles. The van der Waals surface area contributed by atoms with E-state index < -0.39 is 23.8 Å². The molecule has 3 rings (SSSR count). The standard InChI is InChI=1S/C25H19BrN2O6/c1-15(29)34-21-11-5-16(6-12-21)13-22(28-23(30)18-3-2-4-19(26)14-18)24(31)27-20-9-7-17(8-10-20)25(32)33/h2-12,14H,13H2,1H3,(H,27,31)(H,32,33)/p-1. The van der Waals surface area contributed by atoms with Crippen molar-refractivity contribution in [2.24, 2.45) is 4.99 Å². The van der Waals surface area contributed by atoms with Gasteiger partial charge in [0, 0.05) is 29.1 Å². The Morgan fingerprint density at radius 3 is 2.21 bits per heavy atom. The summed E-state index contributed by atoms with van der Waals surface area (Å²) in [5.74, 6) is -2.68. The predicted molar refractivity (Wildman–Crippen MR) is 127 cm³/mol. The van der Waals surface area contributed by atoms with Crippen LogP contribution in [-0.4, -0.2) is 29.5 Å². The monoisotopic (exact) mass is 521 g/mol. The average Bonchev–Trinajstić information content (AvgIpc) is 2.79. The van der Waals surface area contributed by atoms with Gasteiger partial charge in [-0.25, -0.2) is 4.99 Å². The number of amides is 2. The molecule has 3 aromatic carbocycles. The first-order valence-electron chi connectivity index (χ1n) is 9.99. The molecule has 0 unspecified atom stereocenters. The molecule has 0 bridgehead atoms. The minimum absolute atomic E-state index is 0.0169. The molecule has 0 saturated heterocycles. The number of aromatic carboxylic acids is 1. The predicted octanol–water partition coefficient (Wildman–Crippen LogP) is 3.20. The van der Waals surface area contributed by atoms with Crippen LogP contribution in [0, 0.1) is 0 Å². The summed E-state index contributed by atoms with van der Waals surface area (Å²) in [5.41, 5.74) is 1.17. The van der Waals surface area contributed by atoms with Gasteiger partial charge in [0.25, 0.3) is 11.8 Å². The maximum absolute atomic E-state index is 13.0. The van der Waals surface area contributed by atoms with Crippen molar-refractivity contribution in [3.63, 3.8) is 0 Å². The van der Waals surface area contributed by atoms with Gasteiger partial charge < -0.3 is 20.0 Å². The molecule has 34 heavy (non-hydrogen) atoms. The highest BCUT2D eigenvalue weighted by Gasteiger charge is 2.16. The number of halogens is 1. The van der Waals surface area contributed by atoms with Gasteiger partial charge in [0.1, 0.15) is 11.5 Å². The first-order valence-corrected chi connectivity index (χ1v) is 10.8. The van der Waals surface area contributed by atoms with Crippen molar-refractivity contribution < 1.29 is 29.0 Å². The van der Waals surface area contributed by atoms with Crippen LogP contribution in [-0.2, 0) is 16.0 Å². The number of esters is 1. The number of carboxylic acids is 1. The Morgan fingerprint density at radius 1 is 0.941 bits per heavy atom. The fourth-order valence-electron chi connectivity index (χ4n) is 2.91. The fourth-order valence-corrected chi connectivity index (χ4v) is 3.31. The molecule has 0 atom stereocenters. The number of anilines is 1. The lowest BCUT2D eigenvalue weighted by atomic mass is 10.1. The van der Waals surface area contributed by atoms with E-state index in [0.29, 0.717) is 27.0 Å². The summed E-state index contributed by atoms with van der Waals surface area (Å²) in [6.07, 6.45) is 0.0169. The summed E-state index contributed by atoms with van der Waals surface area (Å²) in [4.78, 5) is 51.8. The third-order valence-corrected chi connectivity index (χ3v) is 5.00. The number of hydrogen-bond acceptors (Lipinski definition) is 6. The van der Waals surface area contributed by atoms with Gasteiger partial charge in [0.15, 0.2) is 0 Å². The van der Waals surface area contributed by atoms with Crippen molar-refractivity contribution in [1.29, 1.82) is 0 Å². The number of ether oxygens (including phenoxy) is 1. The molecule has 0 aliphatic heterocycles. The molecule has 0 aromatic heterocycles. The number of aliphatic imine (C=N–C) groups is 1. The second kappa shape index (κ2) is 11.2. The van der Waals surface area contributed by atoms with E-state index in [9.17, 15) is 24.3 Å². The largest absolute Gasteiger partial charge is 0.545 e. The summed E-state index contributed by atoms with van der Waals surface area (Å²) in [6.45, 7) is 1.29. The Balaban J connectivity index is 1.87. The molecule has 3 aromatic rings. The Bertz CT molecular complexity index is 1270. The lowest BCUT2D eigenvalue weighted by Crippen LogP contribution is -2.26. The summed E-state index contributed by atoms with van der Waals surface area (Å²) in [5, 5.41) is 13.5. The number of carboxylic acid groups (broad SMARTS) is 1. The molecule has 9 heteroatoms. The normalized spacial score (nSPS) is 10.9. The van der Waals surface area contributed by atoms with Crippen LogP contribution in [0.2, 0.25) is 0 Å². The molecule has 0 spiro atoms. The molecule has 0 aliphatic rings. The summed E-state index contributed by atoms with van der Waals surface area (Å²) >= 11 is 3.30. The average molecular weight is 522 g/mol. The van der Waals surface area contributed by atoms with E-state index in [1.165, 1.54) is 31.2 Å². The van der Waals surface area contributed by atoms with E-state index in [2.05, 4.69) is 26.2 Å². The van der Waals surface area contributed by atoms with Crippen LogP contribution in [0.15, 0.2) is 82.3 Å². The van der Waals surface area contributed by atoms with Crippen LogP contribution >= 0.6 is 15.9 Å². The number of nitrogens with one attached hydrogen (secondary N) is 1.